The van der Waals surface area contributed by atoms with Gasteiger partial charge in [-0.15, -0.1) is 24.8 Å². The number of likely N-dealkylation sites (N-methyl/N-ethyl adjacent to an activating group) is 1. The maximum atomic E-state index is 11.8. The topological polar surface area (TPSA) is 57.3 Å². The largest absolute Gasteiger partial charge is 0.315 e. The predicted octanol–water partition coefficient (Wildman–Crippen LogP) is 1.92. The lowest BCUT2D eigenvalue weighted by atomic mass is 10.2. The van der Waals surface area contributed by atoms with E-state index >= 15 is 0 Å². The minimum absolute atomic E-state index is 0. The first-order valence-electron chi connectivity index (χ1n) is 5.97. The fourth-order valence-electron chi connectivity index (χ4n) is 2.00. The molecule has 0 aromatic carbocycles. The van der Waals surface area contributed by atoms with Gasteiger partial charge in [-0.1, -0.05) is 0 Å². The molecule has 2 heterocycles. The van der Waals surface area contributed by atoms with Crippen LogP contribution in [-0.2, 0) is 4.79 Å². The lowest BCUT2D eigenvalue weighted by Gasteiger charge is -2.22. The Morgan fingerprint density at radius 2 is 2.30 bits per heavy atom. The Morgan fingerprint density at radius 1 is 1.55 bits per heavy atom. The molecule has 1 saturated heterocycles. The first kappa shape index (κ1) is 19.6. The number of hydrogen-bond acceptors (Lipinski definition) is 4. The van der Waals surface area contributed by atoms with Crippen LogP contribution in [0.2, 0.25) is 0 Å². The Hall–Kier alpha value is -0.400. The first-order valence-corrected chi connectivity index (χ1v) is 6.77. The van der Waals surface area contributed by atoms with Crippen molar-refractivity contribution in [1.82, 2.24) is 15.2 Å². The number of aromatic nitrogens is 1. The van der Waals surface area contributed by atoms with Gasteiger partial charge in [-0.05, 0) is 48.1 Å². The summed E-state index contributed by atoms with van der Waals surface area (Å²) < 4.78 is 0.898. The minimum Gasteiger partial charge on any atom is -0.315 e. The van der Waals surface area contributed by atoms with Crippen molar-refractivity contribution in [2.75, 3.05) is 32.0 Å². The van der Waals surface area contributed by atoms with Crippen LogP contribution < -0.4 is 10.6 Å². The van der Waals surface area contributed by atoms with E-state index in [0.29, 0.717) is 18.4 Å². The number of nitrogens with zero attached hydrogens (tertiary/aromatic N) is 2. The van der Waals surface area contributed by atoms with Gasteiger partial charge in [0.05, 0.1) is 6.54 Å². The molecule has 0 radical (unpaired) electrons. The Labute approximate surface area is 139 Å². The normalized spacial score (nSPS) is 17.2. The Balaban J connectivity index is 0.00000180. The van der Waals surface area contributed by atoms with Crippen LogP contribution in [-0.4, -0.2) is 48.5 Å². The summed E-state index contributed by atoms with van der Waals surface area (Å²) in [6.45, 7) is 2.38. The van der Waals surface area contributed by atoms with E-state index in [2.05, 4.69) is 36.4 Å². The molecule has 0 aliphatic carbocycles. The van der Waals surface area contributed by atoms with Gasteiger partial charge in [-0.2, -0.15) is 0 Å². The van der Waals surface area contributed by atoms with E-state index in [1.165, 1.54) is 0 Å². The number of nitrogens with one attached hydrogen (secondary N) is 2. The van der Waals surface area contributed by atoms with Crippen molar-refractivity contribution in [3.63, 3.8) is 0 Å². The van der Waals surface area contributed by atoms with Gasteiger partial charge in [0.25, 0.3) is 0 Å². The van der Waals surface area contributed by atoms with Crippen molar-refractivity contribution in [3.05, 3.63) is 22.8 Å². The summed E-state index contributed by atoms with van der Waals surface area (Å²) in [5, 5.41) is 6.08. The summed E-state index contributed by atoms with van der Waals surface area (Å²) in [7, 11) is 1.98. The van der Waals surface area contributed by atoms with Crippen LogP contribution in [0.4, 0.5) is 5.82 Å². The molecule has 1 unspecified atom stereocenters. The fourth-order valence-corrected chi connectivity index (χ4v) is 2.24. The molecule has 1 aromatic heterocycles. The molecule has 0 saturated carbocycles. The number of amides is 1. The number of rotatable bonds is 4. The average molecular weight is 386 g/mol. The van der Waals surface area contributed by atoms with E-state index in [1.54, 1.807) is 12.3 Å². The molecule has 1 aliphatic rings. The van der Waals surface area contributed by atoms with E-state index in [9.17, 15) is 4.79 Å². The quantitative estimate of drug-likeness (QED) is 0.831. The molecule has 20 heavy (non-hydrogen) atoms. The molecular weight excluding hydrogens is 367 g/mol. The molecule has 0 spiro atoms. The second-order valence-corrected chi connectivity index (χ2v) is 5.39. The van der Waals surface area contributed by atoms with Gasteiger partial charge in [0, 0.05) is 23.3 Å². The van der Waals surface area contributed by atoms with Crippen LogP contribution in [0.5, 0.6) is 0 Å². The maximum absolute atomic E-state index is 11.8. The van der Waals surface area contributed by atoms with Gasteiger partial charge in [0.15, 0.2) is 0 Å². The van der Waals surface area contributed by atoms with Crippen LogP contribution in [0.1, 0.15) is 6.42 Å². The molecule has 1 atom stereocenters. The Kier molecular flexibility index (Phi) is 9.33. The molecule has 1 aliphatic heterocycles. The average Bonchev–Trinajstić information content (AvgIpc) is 2.85. The predicted molar refractivity (Wildman–Crippen MR) is 89.0 cm³/mol. The zero-order chi connectivity index (χ0) is 13.0. The number of hydrogen-bond donors (Lipinski definition) is 2. The smallest absolute Gasteiger partial charge is 0.239 e. The highest BCUT2D eigenvalue weighted by Gasteiger charge is 2.20. The SMILES string of the molecule is CN(CC(=O)Nc1ccc(Br)cn1)C1CCNC1.Cl.Cl. The number of carbonyl (C=O) groups is 1. The van der Waals surface area contributed by atoms with Gasteiger partial charge < -0.3 is 10.6 Å². The number of anilines is 1. The summed E-state index contributed by atoms with van der Waals surface area (Å²) in [5.41, 5.74) is 0. The van der Waals surface area contributed by atoms with Crippen LogP contribution >= 0.6 is 40.7 Å². The number of halogens is 3. The van der Waals surface area contributed by atoms with Crippen molar-refractivity contribution in [2.45, 2.75) is 12.5 Å². The first-order chi connectivity index (χ1) is 8.65. The Morgan fingerprint density at radius 3 is 2.85 bits per heavy atom. The van der Waals surface area contributed by atoms with E-state index in [1.807, 2.05) is 13.1 Å². The van der Waals surface area contributed by atoms with Crippen LogP contribution in [0.25, 0.3) is 0 Å². The summed E-state index contributed by atoms with van der Waals surface area (Å²) in [4.78, 5) is 18.0. The molecule has 8 heteroatoms. The molecule has 5 nitrogen and oxygen atoms in total. The highest BCUT2D eigenvalue weighted by atomic mass is 79.9. The fraction of sp³-hybridized carbons (Fsp3) is 0.500. The molecule has 2 rings (SSSR count). The van der Waals surface area contributed by atoms with Crippen LogP contribution in [0.15, 0.2) is 22.8 Å². The van der Waals surface area contributed by atoms with Gasteiger partial charge in [0.2, 0.25) is 5.91 Å². The van der Waals surface area contributed by atoms with E-state index in [0.717, 1.165) is 24.0 Å². The summed E-state index contributed by atoms with van der Waals surface area (Å²) in [5.74, 6) is 0.556. The Bertz CT molecular complexity index is 412. The monoisotopic (exact) mass is 384 g/mol. The summed E-state index contributed by atoms with van der Waals surface area (Å²) in [6.07, 6.45) is 2.76. The molecule has 1 fully saturated rings. The van der Waals surface area contributed by atoms with Crippen molar-refractivity contribution < 1.29 is 4.79 Å². The lowest BCUT2D eigenvalue weighted by molar-refractivity contribution is -0.117. The second kappa shape index (κ2) is 9.52. The van der Waals surface area contributed by atoms with Gasteiger partial charge in [-0.3, -0.25) is 9.69 Å². The lowest BCUT2D eigenvalue weighted by Crippen LogP contribution is -2.39. The van der Waals surface area contributed by atoms with Gasteiger partial charge in [-0.25, -0.2) is 4.98 Å². The number of pyridine rings is 1. The third-order valence-electron chi connectivity index (χ3n) is 3.05. The maximum Gasteiger partial charge on any atom is 0.239 e. The van der Waals surface area contributed by atoms with Crippen molar-refractivity contribution >= 4 is 52.5 Å². The molecular formula is C12H19BrCl2N4O. The van der Waals surface area contributed by atoms with Gasteiger partial charge >= 0.3 is 0 Å². The third kappa shape index (κ3) is 5.93. The molecule has 1 aromatic rings. The standard InChI is InChI=1S/C12H17BrN4O.2ClH/c1-17(10-4-5-14-7-10)8-12(18)16-11-3-2-9(13)6-15-11;;/h2-3,6,10,14H,4-5,7-8H2,1H3,(H,15,16,18);2*1H. The molecule has 0 bridgehead atoms. The number of carbonyl (C=O) groups excluding carboxylic acids is 1. The van der Waals surface area contributed by atoms with E-state index in [4.69, 9.17) is 0 Å². The van der Waals surface area contributed by atoms with E-state index in [-0.39, 0.29) is 30.7 Å². The van der Waals surface area contributed by atoms with Gasteiger partial charge in [0.1, 0.15) is 5.82 Å². The second-order valence-electron chi connectivity index (χ2n) is 4.47. The third-order valence-corrected chi connectivity index (χ3v) is 3.51. The zero-order valence-corrected chi connectivity index (χ0v) is 14.4. The van der Waals surface area contributed by atoms with Crippen LogP contribution in [0.3, 0.4) is 0 Å². The summed E-state index contributed by atoms with van der Waals surface area (Å²) >= 11 is 3.31. The van der Waals surface area contributed by atoms with E-state index < -0.39 is 0 Å². The molecule has 1 amide bonds. The highest BCUT2D eigenvalue weighted by molar-refractivity contribution is 9.10. The van der Waals surface area contributed by atoms with Crippen LogP contribution in [0, 0.1) is 0 Å². The van der Waals surface area contributed by atoms with Crippen molar-refractivity contribution in [1.29, 1.82) is 0 Å². The molecule has 2 N–H and O–H groups in total. The van der Waals surface area contributed by atoms with Crippen molar-refractivity contribution in [3.8, 4) is 0 Å². The summed E-state index contributed by atoms with van der Waals surface area (Å²) in [6, 6.07) is 4.08. The van der Waals surface area contributed by atoms with Crippen molar-refractivity contribution in [2.24, 2.45) is 0 Å². The minimum atomic E-state index is -0.0285. The zero-order valence-electron chi connectivity index (χ0n) is 11.1. The molecule has 114 valence electrons. The highest BCUT2D eigenvalue weighted by Crippen LogP contribution is 2.11.